The van der Waals surface area contributed by atoms with Crippen molar-refractivity contribution in [1.29, 1.82) is 0 Å². The van der Waals surface area contributed by atoms with Crippen LogP contribution in [0.3, 0.4) is 0 Å². The van der Waals surface area contributed by atoms with E-state index in [0.717, 1.165) is 0 Å². The maximum Gasteiger partial charge on any atom is 0.302 e. The van der Waals surface area contributed by atoms with Crippen LogP contribution in [0.25, 0.3) is 11.2 Å². The number of methoxy groups -OCH3 is 2. The zero-order valence-electron chi connectivity index (χ0n) is 13.7. The van der Waals surface area contributed by atoms with Gasteiger partial charge in [0.05, 0.1) is 12.9 Å². The van der Waals surface area contributed by atoms with Crippen molar-refractivity contribution in [3.05, 3.63) is 11.5 Å². The third kappa shape index (κ3) is 4.53. The fourth-order valence-electron chi connectivity index (χ4n) is 2.33. The molecule has 0 aromatic carbocycles. The first-order valence-electron chi connectivity index (χ1n) is 7.27. The van der Waals surface area contributed by atoms with Crippen LogP contribution in [0.2, 0.25) is 5.15 Å². The number of carbonyl (C=O) groups is 1. The van der Waals surface area contributed by atoms with E-state index in [1.807, 2.05) is 0 Å². The van der Waals surface area contributed by atoms with Crippen molar-refractivity contribution in [2.75, 3.05) is 26.6 Å². The third-order valence-electron chi connectivity index (χ3n) is 3.47. The predicted octanol–water partition coefficient (Wildman–Crippen LogP) is 1.25. The van der Waals surface area contributed by atoms with E-state index in [4.69, 9.17) is 31.5 Å². The number of nitrogen functional groups attached to an aromatic ring is 1. The Labute approximate surface area is 144 Å². The number of anilines is 1. The van der Waals surface area contributed by atoms with Gasteiger partial charge in [-0.1, -0.05) is 11.6 Å². The highest BCUT2D eigenvalue weighted by molar-refractivity contribution is 6.33. The Hall–Kier alpha value is -1.97. The minimum absolute atomic E-state index is 0.0671. The van der Waals surface area contributed by atoms with Crippen LogP contribution in [0.4, 0.5) is 5.95 Å². The van der Waals surface area contributed by atoms with E-state index in [2.05, 4.69) is 15.0 Å². The second-order valence-corrected chi connectivity index (χ2v) is 5.61. The highest BCUT2D eigenvalue weighted by Gasteiger charge is 2.20. The Balaban J connectivity index is 2.23. The van der Waals surface area contributed by atoms with Crippen LogP contribution in [0, 0.1) is 5.92 Å². The number of hydrogen-bond acceptors (Lipinski definition) is 8. The molecule has 0 saturated heterocycles. The Morgan fingerprint density at radius 1 is 1.38 bits per heavy atom. The van der Waals surface area contributed by atoms with Gasteiger partial charge in [0.25, 0.3) is 0 Å². The van der Waals surface area contributed by atoms with Crippen molar-refractivity contribution in [3.63, 3.8) is 0 Å². The molecule has 0 aliphatic rings. The van der Waals surface area contributed by atoms with Crippen LogP contribution in [0.5, 0.6) is 0 Å². The molecule has 9 nitrogen and oxygen atoms in total. The van der Waals surface area contributed by atoms with Gasteiger partial charge in [0.15, 0.2) is 17.1 Å². The fraction of sp³-hybridized carbons (Fsp3) is 0.571. The lowest BCUT2D eigenvalue weighted by Gasteiger charge is -2.22. The van der Waals surface area contributed by atoms with Crippen LogP contribution in [0.15, 0.2) is 6.33 Å². The van der Waals surface area contributed by atoms with Crippen LogP contribution in [-0.4, -0.2) is 52.6 Å². The SMILES string of the molecule is COC(C[C@@H](COC(C)=O)Cn1cnc2c(Cl)nc(N)nc21)OC. The number of halogens is 1. The summed E-state index contributed by atoms with van der Waals surface area (Å²) in [6.07, 6.45) is 1.71. The topological polar surface area (TPSA) is 114 Å². The number of esters is 1. The molecule has 0 unspecified atom stereocenters. The van der Waals surface area contributed by atoms with E-state index in [1.54, 1.807) is 25.1 Å². The van der Waals surface area contributed by atoms with Gasteiger partial charge in [0, 0.05) is 40.0 Å². The van der Waals surface area contributed by atoms with E-state index >= 15 is 0 Å². The molecular formula is C14H20ClN5O4. The van der Waals surface area contributed by atoms with E-state index in [9.17, 15) is 4.79 Å². The van der Waals surface area contributed by atoms with Gasteiger partial charge in [-0.05, 0) is 0 Å². The summed E-state index contributed by atoms with van der Waals surface area (Å²) < 4.78 is 17.4. The lowest BCUT2D eigenvalue weighted by molar-refractivity contribution is -0.146. The van der Waals surface area contributed by atoms with E-state index < -0.39 is 6.29 Å². The Morgan fingerprint density at radius 2 is 2.08 bits per heavy atom. The van der Waals surface area contributed by atoms with E-state index in [0.29, 0.717) is 24.1 Å². The van der Waals surface area contributed by atoms with Crippen LogP contribution in [0.1, 0.15) is 13.3 Å². The lowest BCUT2D eigenvalue weighted by Crippen LogP contribution is -2.25. The quantitative estimate of drug-likeness (QED) is 0.426. The zero-order valence-corrected chi connectivity index (χ0v) is 14.5. The van der Waals surface area contributed by atoms with Crippen molar-refractivity contribution < 1.29 is 19.0 Å². The Morgan fingerprint density at radius 3 is 2.71 bits per heavy atom. The zero-order chi connectivity index (χ0) is 17.7. The van der Waals surface area contributed by atoms with Gasteiger partial charge in [0.2, 0.25) is 5.95 Å². The third-order valence-corrected chi connectivity index (χ3v) is 3.73. The highest BCUT2D eigenvalue weighted by atomic mass is 35.5. The molecule has 0 amide bonds. The van der Waals surface area contributed by atoms with E-state index in [1.165, 1.54) is 6.92 Å². The lowest BCUT2D eigenvalue weighted by atomic mass is 10.1. The predicted molar refractivity (Wildman–Crippen MR) is 87.3 cm³/mol. The van der Waals surface area contributed by atoms with Crippen LogP contribution < -0.4 is 5.73 Å². The van der Waals surface area contributed by atoms with Crippen LogP contribution >= 0.6 is 11.6 Å². The molecular weight excluding hydrogens is 338 g/mol. The number of hydrogen-bond donors (Lipinski definition) is 1. The van der Waals surface area contributed by atoms with Crippen molar-refractivity contribution in [2.45, 2.75) is 26.2 Å². The molecule has 0 aliphatic carbocycles. The Kier molecular flexibility index (Phi) is 6.29. The second kappa shape index (κ2) is 8.22. The van der Waals surface area contributed by atoms with Gasteiger partial charge in [-0.15, -0.1) is 0 Å². The summed E-state index contributed by atoms with van der Waals surface area (Å²) >= 11 is 6.03. The second-order valence-electron chi connectivity index (χ2n) is 5.25. The molecule has 0 fully saturated rings. The van der Waals surface area contributed by atoms with Crippen molar-refractivity contribution in [3.8, 4) is 0 Å². The molecule has 2 rings (SSSR count). The van der Waals surface area contributed by atoms with Crippen LogP contribution in [-0.2, 0) is 25.5 Å². The number of nitrogens with zero attached hydrogens (tertiary/aromatic N) is 4. The molecule has 10 heteroatoms. The maximum atomic E-state index is 11.1. The van der Waals surface area contributed by atoms with Gasteiger partial charge in [-0.25, -0.2) is 4.98 Å². The van der Waals surface area contributed by atoms with Gasteiger partial charge < -0.3 is 24.5 Å². The Bertz CT molecular complexity index is 704. The highest BCUT2D eigenvalue weighted by Crippen LogP contribution is 2.22. The first kappa shape index (κ1) is 18.4. The largest absolute Gasteiger partial charge is 0.466 e. The monoisotopic (exact) mass is 357 g/mol. The molecule has 0 saturated carbocycles. The molecule has 24 heavy (non-hydrogen) atoms. The number of nitrogens with two attached hydrogens (primary N) is 1. The average Bonchev–Trinajstić information content (AvgIpc) is 2.92. The molecule has 0 radical (unpaired) electrons. The molecule has 0 aliphatic heterocycles. The molecule has 2 aromatic rings. The normalized spacial score (nSPS) is 12.7. The summed E-state index contributed by atoms with van der Waals surface area (Å²) in [7, 11) is 3.11. The number of ether oxygens (including phenoxy) is 3. The molecule has 2 N–H and O–H groups in total. The summed E-state index contributed by atoms with van der Waals surface area (Å²) in [5.74, 6) is -0.361. The molecule has 1 atom stereocenters. The first-order valence-corrected chi connectivity index (χ1v) is 7.65. The van der Waals surface area contributed by atoms with Crippen molar-refractivity contribution in [2.24, 2.45) is 5.92 Å². The summed E-state index contributed by atoms with van der Waals surface area (Å²) in [4.78, 5) is 23.4. The number of rotatable bonds is 8. The minimum atomic E-state index is -0.413. The van der Waals surface area contributed by atoms with Gasteiger partial charge in [-0.3, -0.25) is 4.79 Å². The van der Waals surface area contributed by atoms with Gasteiger partial charge in [0.1, 0.15) is 5.52 Å². The number of fused-ring (bicyclic) bond motifs is 1. The smallest absolute Gasteiger partial charge is 0.302 e. The number of imidazole rings is 1. The molecule has 2 aromatic heterocycles. The van der Waals surface area contributed by atoms with E-state index in [-0.39, 0.29) is 29.6 Å². The van der Waals surface area contributed by atoms with Crippen molar-refractivity contribution >= 4 is 34.7 Å². The summed E-state index contributed by atoms with van der Waals surface area (Å²) in [5, 5.41) is 0.194. The maximum absolute atomic E-state index is 11.1. The molecule has 2 heterocycles. The molecule has 0 spiro atoms. The molecule has 132 valence electrons. The van der Waals surface area contributed by atoms with Gasteiger partial charge in [-0.2, -0.15) is 9.97 Å². The fourth-order valence-corrected chi connectivity index (χ4v) is 2.55. The average molecular weight is 358 g/mol. The summed E-state index contributed by atoms with van der Waals surface area (Å²) in [6, 6.07) is 0. The van der Waals surface area contributed by atoms with Gasteiger partial charge >= 0.3 is 5.97 Å². The molecule has 0 bridgehead atoms. The standard InChI is InChI=1S/C14H20ClN5O4/c1-8(21)24-6-9(4-10(22-2)23-3)5-20-7-17-11-12(15)18-14(16)19-13(11)20/h7,9-10H,4-6H2,1-3H3,(H2,16,18,19)/t9-/m1/s1. The number of carbonyl (C=O) groups excluding carboxylic acids is 1. The summed E-state index contributed by atoms with van der Waals surface area (Å²) in [6.45, 7) is 2.05. The van der Waals surface area contributed by atoms with Crippen molar-refractivity contribution in [1.82, 2.24) is 19.5 Å². The minimum Gasteiger partial charge on any atom is -0.466 e. The number of aromatic nitrogens is 4. The summed E-state index contributed by atoms with van der Waals surface area (Å²) in [5.41, 5.74) is 6.63. The first-order chi connectivity index (χ1) is 11.4.